The highest BCUT2D eigenvalue weighted by Crippen LogP contribution is 2.26. The minimum Gasteiger partial charge on any atom is -0.489 e. The van der Waals surface area contributed by atoms with E-state index in [2.05, 4.69) is 4.98 Å². The van der Waals surface area contributed by atoms with Gasteiger partial charge in [0, 0.05) is 24.0 Å². The highest BCUT2D eigenvalue weighted by atomic mass is 19.1. The monoisotopic (exact) mass is 279 g/mol. The van der Waals surface area contributed by atoms with Crippen LogP contribution in [0.5, 0.6) is 5.75 Å². The van der Waals surface area contributed by atoms with E-state index in [-0.39, 0.29) is 5.82 Å². The maximum atomic E-state index is 14.2. The number of hydrogen-bond donors (Lipinski definition) is 0. The predicted molar refractivity (Wildman–Crippen MR) is 80.4 cm³/mol. The van der Waals surface area contributed by atoms with Crippen LogP contribution >= 0.6 is 0 Å². The summed E-state index contributed by atoms with van der Waals surface area (Å²) in [6.07, 6.45) is 3.29. The lowest BCUT2D eigenvalue weighted by molar-refractivity contribution is 0.304. The van der Waals surface area contributed by atoms with Gasteiger partial charge in [0.1, 0.15) is 18.2 Å². The molecule has 3 heteroatoms. The molecule has 0 spiro atoms. The second-order valence-corrected chi connectivity index (χ2v) is 4.65. The number of halogens is 1. The third kappa shape index (κ3) is 3.26. The lowest BCUT2D eigenvalue weighted by Crippen LogP contribution is -1.96. The van der Waals surface area contributed by atoms with E-state index >= 15 is 0 Å². The summed E-state index contributed by atoms with van der Waals surface area (Å²) in [5.74, 6) is 0.223. The number of pyridine rings is 1. The Bertz CT molecular complexity index is 714. The van der Waals surface area contributed by atoms with Gasteiger partial charge in [0.05, 0.1) is 0 Å². The maximum absolute atomic E-state index is 14.2. The molecular formula is C18H14FNO. The first-order valence-corrected chi connectivity index (χ1v) is 6.69. The van der Waals surface area contributed by atoms with Gasteiger partial charge in [-0.1, -0.05) is 30.3 Å². The van der Waals surface area contributed by atoms with E-state index in [1.165, 1.54) is 6.07 Å². The van der Waals surface area contributed by atoms with Crippen molar-refractivity contribution in [1.29, 1.82) is 0 Å². The molecule has 3 rings (SSSR count). The summed E-state index contributed by atoms with van der Waals surface area (Å²) in [5, 5.41) is 0. The zero-order valence-electron chi connectivity index (χ0n) is 11.4. The van der Waals surface area contributed by atoms with Gasteiger partial charge >= 0.3 is 0 Å². The van der Waals surface area contributed by atoms with Gasteiger partial charge in [-0.3, -0.25) is 4.98 Å². The average Bonchev–Trinajstić information content (AvgIpc) is 2.55. The van der Waals surface area contributed by atoms with E-state index in [9.17, 15) is 4.39 Å². The van der Waals surface area contributed by atoms with Crippen molar-refractivity contribution < 1.29 is 9.13 Å². The number of rotatable bonds is 4. The fraction of sp³-hybridized carbons (Fsp3) is 0.0556. The van der Waals surface area contributed by atoms with Crippen molar-refractivity contribution in [3.8, 4) is 16.9 Å². The first-order valence-electron chi connectivity index (χ1n) is 6.69. The fourth-order valence-corrected chi connectivity index (χ4v) is 2.09. The Morgan fingerprint density at radius 3 is 2.38 bits per heavy atom. The van der Waals surface area contributed by atoms with Gasteiger partial charge in [-0.2, -0.15) is 0 Å². The average molecular weight is 279 g/mol. The molecule has 0 aliphatic heterocycles. The molecule has 0 N–H and O–H groups in total. The highest BCUT2D eigenvalue weighted by Gasteiger charge is 2.06. The van der Waals surface area contributed by atoms with Crippen LogP contribution < -0.4 is 4.74 Å². The number of ether oxygens (including phenoxy) is 1. The molecule has 2 aromatic carbocycles. The summed E-state index contributed by atoms with van der Waals surface area (Å²) < 4.78 is 19.8. The van der Waals surface area contributed by atoms with Crippen LogP contribution in [0.15, 0.2) is 73.1 Å². The van der Waals surface area contributed by atoms with Gasteiger partial charge in [0.25, 0.3) is 0 Å². The highest BCUT2D eigenvalue weighted by molar-refractivity contribution is 5.64. The van der Waals surface area contributed by atoms with Crippen molar-refractivity contribution in [2.24, 2.45) is 0 Å². The van der Waals surface area contributed by atoms with Crippen LogP contribution in [0.1, 0.15) is 5.56 Å². The molecule has 104 valence electrons. The van der Waals surface area contributed by atoms with Gasteiger partial charge in [-0.05, 0) is 35.4 Å². The Hall–Kier alpha value is -2.68. The van der Waals surface area contributed by atoms with Gasteiger partial charge in [-0.15, -0.1) is 0 Å². The van der Waals surface area contributed by atoms with Gasteiger partial charge in [-0.25, -0.2) is 4.39 Å². The molecule has 21 heavy (non-hydrogen) atoms. The fourth-order valence-electron chi connectivity index (χ4n) is 2.09. The van der Waals surface area contributed by atoms with Crippen LogP contribution in [0.25, 0.3) is 11.1 Å². The molecule has 2 nitrogen and oxygen atoms in total. The van der Waals surface area contributed by atoms with Crippen molar-refractivity contribution in [1.82, 2.24) is 4.98 Å². The van der Waals surface area contributed by atoms with Gasteiger partial charge in [0.2, 0.25) is 0 Å². The molecule has 1 heterocycles. The standard InChI is InChI=1S/C18H14FNO/c19-18-12-16(21-13-14-4-2-1-3-5-14)6-7-17(18)15-8-10-20-11-9-15/h1-12H,13H2. The normalized spacial score (nSPS) is 10.3. The van der Waals surface area contributed by atoms with E-state index in [1.807, 2.05) is 30.3 Å². The number of nitrogens with zero attached hydrogens (tertiary/aromatic N) is 1. The molecule has 0 aliphatic carbocycles. The Morgan fingerprint density at radius 2 is 1.67 bits per heavy atom. The molecule has 0 saturated carbocycles. The molecule has 3 aromatic rings. The zero-order valence-corrected chi connectivity index (χ0v) is 11.4. The second kappa shape index (κ2) is 6.18. The summed E-state index contributed by atoms with van der Waals surface area (Å²) in [7, 11) is 0. The summed E-state index contributed by atoms with van der Waals surface area (Å²) in [6, 6.07) is 18.3. The molecule has 0 bridgehead atoms. The molecule has 0 amide bonds. The topological polar surface area (TPSA) is 22.1 Å². The Balaban J connectivity index is 1.76. The van der Waals surface area contributed by atoms with Crippen LogP contribution in [0, 0.1) is 5.82 Å². The van der Waals surface area contributed by atoms with E-state index < -0.39 is 0 Å². The van der Waals surface area contributed by atoms with E-state index in [0.29, 0.717) is 17.9 Å². The van der Waals surface area contributed by atoms with Crippen LogP contribution in [0.2, 0.25) is 0 Å². The Labute approximate surface area is 122 Å². The van der Waals surface area contributed by atoms with Crippen molar-refractivity contribution in [3.05, 3.63) is 84.4 Å². The molecule has 0 atom stereocenters. The number of aromatic nitrogens is 1. The van der Waals surface area contributed by atoms with E-state index in [1.54, 1.807) is 36.7 Å². The zero-order chi connectivity index (χ0) is 14.5. The van der Waals surface area contributed by atoms with E-state index in [4.69, 9.17) is 4.74 Å². The third-order valence-electron chi connectivity index (χ3n) is 3.18. The quantitative estimate of drug-likeness (QED) is 0.703. The number of hydrogen-bond acceptors (Lipinski definition) is 2. The van der Waals surface area contributed by atoms with Crippen molar-refractivity contribution in [2.75, 3.05) is 0 Å². The smallest absolute Gasteiger partial charge is 0.134 e. The largest absolute Gasteiger partial charge is 0.489 e. The number of benzene rings is 2. The third-order valence-corrected chi connectivity index (χ3v) is 3.18. The Kier molecular flexibility index (Phi) is 3.92. The van der Waals surface area contributed by atoms with Crippen LogP contribution in [0.4, 0.5) is 4.39 Å². The molecule has 0 radical (unpaired) electrons. The van der Waals surface area contributed by atoms with Crippen LogP contribution in [-0.2, 0) is 6.61 Å². The SMILES string of the molecule is Fc1cc(OCc2ccccc2)ccc1-c1ccncc1. The first-order chi connectivity index (χ1) is 10.3. The van der Waals surface area contributed by atoms with Gasteiger partial charge in [0.15, 0.2) is 0 Å². The van der Waals surface area contributed by atoms with Crippen molar-refractivity contribution >= 4 is 0 Å². The Morgan fingerprint density at radius 1 is 0.905 bits per heavy atom. The molecule has 0 unspecified atom stereocenters. The summed E-state index contributed by atoms with van der Waals surface area (Å²) in [6.45, 7) is 0.425. The molecular weight excluding hydrogens is 265 g/mol. The van der Waals surface area contributed by atoms with Crippen molar-refractivity contribution in [3.63, 3.8) is 0 Å². The predicted octanol–water partition coefficient (Wildman–Crippen LogP) is 4.47. The first kappa shape index (κ1) is 13.3. The van der Waals surface area contributed by atoms with Crippen molar-refractivity contribution in [2.45, 2.75) is 6.61 Å². The van der Waals surface area contributed by atoms with E-state index in [0.717, 1.165) is 11.1 Å². The molecule has 0 fully saturated rings. The maximum Gasteiger partial charge on any atom is 0.134 e. The summed E-state index contributed by atoms with van der Waals surface area (Å²) in [5.41, 5.74) is 2.40. The lowest BCUT2D eigenvalue weighted by Gasteiger charge is -2.08. The minimum absolute atomic E-state index is 0.299. The van der Waals surface area contributed by atoms with Crippen LogP contribution in [-0.4, -0.2) is 4.98 Å². The van der Waals surface area contributed by atoms with Gasteiger partial charge < -0.3 is 4.74 Å². The molecule has 0 saturated heterocycles. The lowest BCUT2D eigenvalue weighted by atomic mass is 10.1. The second-order valence-electron chi connectivity index (χ2n) is 4.65. The minimum atomic E-state index is -0.299. The summed E-state index contributed by atoms with van der Waals surface area (Å²) >= 11 is 0. The van der Waals surface area contributed by atoms with Crippen LogP contribution in [0.3, 0.4) is 0 Å². The molecule has 0 aliphatic rings. The summed E-state index contributed by atoms with van der Waals surface area (Å²) in [4.78, 5) is 3.93. The molecule has 1 aromatic heterocycles.